The van der Waals surface area contributed by atoms with Crippen LogP contribution in [0.3, 0.4) is 0 Å². The number of carbonyl (C=O) groups excluding carboxylic acids is 1. The first kappa shape index (κ1) is 17.2. The molecule has 0 radical (unpaired) electrons. The number of halogens is 6. The first-order valence-electron chi connectivity index (χ1n) is 7.04. The van der Waals surface area contributed by atoms with Crippen LogP contribution in [0.4, 0.5) is 29.5 Å². The van der Waals surface area contributed by atoms with Crippen molar-refractivity contribution in [1.82, 2.24) is 0 Å². The molecule has 10 heteroatoms. The van der Waals surface area contributed by atoms with Crippen LogP contribution in [-0.4, -0.2) is 11.9 Å². The van der Waals surface area contributed by atoms with Gasteiger partial charge in [0, 0.05) is 11.7 Å². The molecule has 0 spiro atoms. The predicted octanol–water partition coefficient (Wildman–Crippen LogP) is 4.57. The van der Waals surface area contributed by atoms with Crippen molar-refractivity contribution in [2.75, 3.05) is 5.32 Å². The smallest absolute Gasteiger partial charge is 0.310 e. The van der Waals surface area contributed by atoms with Crippen LogP contribution in [0.15, 0.2) is 35.2 Å². The zero-order valence-corrected chi connectivity index (χ0v) is 12.9. The van der Waals surface area contributed by atoms with Gasteiger partial charge in [0.25, 0.3) is 0 Å². The van der Waals surface area contributed by atoms with Crippen LogP contribution in [0.1, 0.15) is 6.42 Å². The van der Waals surface area contributed by atoms with E-state index in [0.29, 0.717) is 12.5 Å². The third kappa shape index (κ3) is 3.12. The lowest BCUT2D eigenvalue weighted by atomic mass is 9.88. The van der Waals surface area contributed by atoms with Crippen LogP contribution >= 0.6 is 10.2 Å². The molecule has 2 bridgehead atoms. The first-order valence-corrected chi connectivity index (χ1v) is 8.99. The summed E-state index contributed by atoms with van der Waals surface area (Å²) in [6.45, 7) is 0. The molecule has 0 unspecified atom stereocenters. The number of amides is 1. The number of anilines is 1. The second kappa shape index (κ2) is 4.48. The van der Waals surface area contributed by atoms with Gasteiger partial charge in [-0.15, -0.1) is 0 Å². The minimum atomic E-state index is -10.0. The van der Waals surface area contributed by atoms with E-state index in [0.717, 1.165) is 0 Å². The number of rotatable bonds is 3. The molecule has 3 N–H and O–H groups in total. The summed E-state index contributed by atoms with van der Waals surface area (Å²) in [6, 6.07) is -0.205. The summed E-state index contributed by atoms with van der Waals surface area (Å²) in [4.78, 5) is 9.85. The number of hydrogen-bond donors (Lipinski definition) is 2. The number of fused-ring (bicyclic) bond motifs is 2. The molecule has 24 heavy (non-hydrogen) atoms. The van der Waals surface area contributed by atoms with Crippen LogP contribution in [-0.2, 0) is 4.79 Å². The Bertz CT molecular complexity index is 748. The molecule has 2 aliphatic rings. The Balaban J connectivity index is 1.88. The summed E-state index contributed by atoms with van der Waals surface area (Å²) in [7, 11) is -10.0. The Labute approximate surface area is 133 Å². The lowest BCUT2D eigenvalue weighted by Crippen LogP contribution is -2.41. The molecule has 0 saturated heterocycles. The Morgan fingerprint density at radius 3 is 2.25 bits per heavy atom. The van der Waals surface area contributed by atoms with E-state index in [-0.39, 0.29) is 24.0 Å². The van der Waals surface area contributed by atoms with E-state index in [1.54, 1.807) is 6.08 Å². The molecule has 1 saturated carbocycles. The van der Waals surface area contributed by atoms with Crippen molar-refractivity contribution in [3.05, 3.63) is 36.2 Å². The average Bonchev–Trinajstić information content (AvgIpc) is 2.95. The molecule has 0 heterocycles. The van der Waals surface area contributed by atoms with E-state index in [2.05, 4.69) is 5.32 Å². The van der Waals surface area contributed by atoms with Gasteiger partial charge in [-0.1, -0.05) is 31.6 Å². The summed E-state index contributed by atoms with van der Waals surface area (Å²) in [6.07, 6.45) is 4.32. The van der Waals surface area contributed by atoms with Crippen LogP contribution in [0, 0.1) is 23.6 Å². The summed E-state index contributed by atoms with van der Waals surface area (Å²) in [5.74, 6) is -3.08. The summed E-state index contributed by atoms with van der Waals surface area (Å²) < 4.78 is 77.5. The molecule has 1 aromatic rings. The number of carbonyl (C=O) groups is 1. The molecule has 0 aromatic heterocycles. The first-order chi connectivity index (χ1) is 10.7. The van der Waals surface area contributed by atoms with Crippen molar-refractivity contribution in [3.8, 4) is 0 Å². The molecule has 1 amide bonds. The van der Waals surface area contributed by atoms with E-state index in [1.807, 2.05) is 6.08 Å². The standard InChI is InChI=1S/C14H14F6N2OS/c15-9-4-10(6-11(5-9)24(16,17,18,19)20)22-14(23)12-7-1-2-8(3-7)13(12)21/h1-2,4-8,12-13H,3,21H2,(H,22,23)/t7-,8+,12+,13-/m1/s1. The van der Waals surface area contributed by atoms with Gasteiger partial charge in [0.2, 0.25) is 5.91 Å². The van der Waals surface area contributed by atoms with Crippen LogP contribution < -0.4 is 11.1 Å². The maximum atomic E-state index is 13.4. The Morgan fingerprint density at radius 1 is 1.08 bits per heavy atom. The molecule has 4 atom stereocenters. The van der Waals surface area contributed by atoms with Gasteiger partial charge in [0.15, 0.2) is 0 Å². The molecule has 0 aliphatic heterocycles. The zero-order chi connectivity index (χ0) is 18.0. The zero-order valence-electron chi connectivity index (χ0n) is 12.1. The lowest BCUT2D eigenvalue weighted by molar-refractivity contribution is -0.120. The van der Waals surface area contributed by atoms with Gasteiger partial charge in [-0.25, -0.2) is 4.39 Å². The van der Waals surface area contributed by atoms with Gasteiger partial charge < -0.3 is 11.1 Å². The van der Waals surface area contributed by atoms with Crippen LogP contribution in [0.25, 0.3) is 0 Å². The molecule has 1 aromatic carbocycles. The van der Waals surface area contributed by atoms with Gasteiger partial charge in [0.1, 0.15) is 10.7 Å². The number of benzene rings is 1. The maximum absolute atomic E-state index is 13.4. The molecule has 3 rings (SSSR count). The lowest BCUT2D eigenvalue weighted by Gasteiger charge is -2.40. The minimum Gasteiger partial charge on any atom is -0.326 e. The predicted molar refractivity (Wildman–Crippen MR) is 78.6 cm³/mol. The Hall–Kier alpha value is -1.68. The second-order valence-corrected chi connectivity index (χ2v) is 8.59. The van der Waals surface area contributed by atoms with Gasteiger partial charge in [-0.05, 0) is 36.5 Å². The highest BCUT2D eigenvalue weighted by atomic mass is 32.5. The van der Waals surface area contributed by atoms with E-state index < -0.39 is 44.5 Å². The second-order valence-electron chi connectivity index (χ2n) is 6.19. The molecule has 3 nitrogen and oxygen atoms in total. The molecular weight excluding hydrogens is 358 g/mol. The maximum Gasteiger partial charge on any atom is 0.310 e. The highest BCUT2D eigenvalue weighted by molar-refractivity contribution is 8.45. The number of allylic oxidation sites excluding steroid dienone is 1. The van der Waals surface area contributed by atoms with Gasteiger partial charge in [-0.3, -0.25) is 4.79 Å². The van der Waals surface area contributed by atoms with Crippen molar-refractivity contribution in [1.29, 1.82) is 0 Å². The van der Waals surface area contributed by atoms with Crippen molar-refractivity contribution in [2.45, 2.75) is 17.4 Å². The molecule has 2 aliphatic carbocycles. The molecule has 134 valence electrons. The van der Waals surface area contributed by atoms with Gasteiger partial charge in [-0.2, -0.15) is 0 Å². The summed E-state index contributed by atoms with van der Waals surface area (Å²) in [5, 5.41) is 2.08. The summed E-state index contributed by atoms with van der Waals surface area (Å²) in [5.41, 5.74) is 5.23. The van der Waals surface area contributed by atoms with E-state index in [1.165, 1.54) is 0 Å². The van der Waals surface area contributed by atoms with E-state index in [4.69, 9.17) is 5.73 Å². The van der Waals surface area contributed by atoms with E-state index in [9.17, 15) is 28.6 Å². The monoisotopic (exact) mass is 372 g/mol. The van der Waals surface area contributed by atoms with Crippen molar-refractivity contribution >= 4 is 21.8 Å². The fraction of sp³-hybridized carbons (Fsp3) is 0.357. The van der Waals surface area contributed by atoms with Crippen LogP contribution in [0.2, 0.25) is 0 Å². The normalized spacial score (nSPS) is 31.6. The van der Waals surface area contributed by atoms with E-state index >= 15 is 0 Å². The molecular formula is C14H14F6N2OS. The largest absolute Gasteiger partial charge is 0.326 e. The highest BCUT2D eigenvalue weighted by Gasteiger charge is 2.65. The quantitative estimate of drug-likeness (QED) is 0.603. The van der Waals surface area contributed by atoms with Crippen molar-refractivity contribution in [3.63, 3.8) is 0 Å². The third-order valence-corrected chi connectivity index (χ3v) is 5.53. The Kier molecular flexibility index (Phi) is 3.20. The fourth-order valence-corrected chi connectivity index (χ4v) is 4.00. The fourth-order valence-electron chi connectivity index (χ4n) is 3.31. The van der Waals surface area contributed by atoms with Crippen molar-refractivity contribution in [2.24, 2.45) is 23.5 Å². The highest BCUT2D eigenvalue weighted by Crippen LogP contribution is 3.02. The topological polar surface area (TPSA) is 55.1 Å². The SMILES string of the molecule is N[C@H]1[C@@H](C(=O)Nc2cc(F)cc(S(F)(F)(F)(F)F)c2)[C@@H]2C=C[C@H]1C2. The summed E-state index contributed by atoms with van der Waals surface area (Å²) >= 11 is 0. The Morgan fingerprint density at radius 2 is 1.71 bits per heavy atom. The molecule has 1 fully saturated rings. The number of nitrogens with two attached hydrogens (primary N) is 1. The third-order valence-electron chi connectivity index (χ3n) is 4.41. The van der Waals surface area contributed by atoms with Crippen LogP contribution in [0.5, 0.6) is 0 Å². The van der Waals surface area contributed by atoms with Gasteiger partial charge in [0.05, 0.1) is 5.92 Å². The van der Waals surface area contributed by atoms with Gasteiger partial charge >= 0.3 is 10.2 Å². The number of nitrogens with one attached hydrogen (secondary N) is 1. The number of hydrogen-bond acceptors (Lipinski definition) is 2. The minimum absolute atomic E-state index is 0.00138. The van der Waals surface area contributed by atoms with Crippen molar-refractivity contribution < 1.29 is 28.6 Å². The average molecular weight is 372 g/mol.